The highest BCUT2D eigenvalue weighted by Gasteiger charge is 2.32. The van der Waals surface area contributed by atoms with Crippen molar-refractivity contribution in [3.63, 3.8) is 0 Å². The Balaban J connectivity index is 2.17. The van der Waals surface area contributed by atoms with Crippen molar-refractivity contribution >= 4 is 17.5 Å². The average Bonchev–Trinajstić information content (AvgIpc) is 2.46. The molecule has 2 aromatic rings. The lowest BCUT2D eigenvalue weighted by Crippen LogP contribution is -2.08. The standard InChI is InChI=1S/C13H10F3N3O2/c1-21-12(20)8-4-5-17-11(6-8)19-9-2-3-10(18-7-9)13(14,15)16/h2-7H,1H3,(H,17,19). The molecule has 21 heavy (non-hydrogen) atoms. The Hall–Kier alpha value is -2.64. The molecule has 0 atom stereocenters. The molecule has 2 heterocycles. The van der Waals surface area contributed by atoms with Crippen LogP contribution in [0.15, 0.2) is 36.7 Å². The van der Waals surface area contributed by atoms with Gasteiger partial charge < -0.3 is 10.1 Å². The summed E-state index contributed by atoms with van der Waals surface area (Å²) in [6.45, 7) is 0. The fraction of sp³-hybridized carbons (Fsp3) is 0.154. The Morgan fingerprint density at radius 2 is 2.00 bits per heavy atom. The molecule has 110 valence electrons. The smallest absolute Gasteiger partial charge is 0.433 e. The van der Waals surface area contributed by atoms with E-state index in [1.807, 2.05) is 0 Å². The number of methoxy groups -OCH3 is 1. The first kappa shape index (κ1) is 14.8. The van der Waals surface area contributed by atoms with Gasteiger partial charge in [-0.1, -0.05) is 0 Å². The molecule has 8 heteroatoms. The highest BCUT2D eigenvalue weighted by atomic mass is 19.4. The number of carbonyl (C=O) groups excluding carboxylic acids is 1. The highest BCUT2D eigenvalue weighted by Crippen LogP contribution is 2.28. The van der Waals surface area contributed by atoms with Gasteiger partial charge in [-0.05, 0) is 24.3 Å². The number of rotatable bonds is 3. The van der Waals surface area contributed by atoms with E-state index in [9.17, 15) is 18.0 Å². The zero-order valence-electron chi connectivity index (χ0n) is 10.8. The first-order chi connectivity index (χ1) is 9.90. The Labute approximate surface area is 117 Å². The van der Waals surface area contributed by atoms with E-state index in [1.165, 1.54) is 31.5 Å². The van der Waals surface area contributed by atoms with Crippen molar-refractivity contribution in [3.05, 3.63) is 47.9 Å². The maximum atomic E-state index is 12.4. The van der Waals surface area contributed by atoms with Crippen LogP contribution in [0.2, 0.25) is 0 Å². The Morgan fingerprint density at radius 1 is 1.24 bits per heavy atom. The predicted octanol–water partition coefficient (Wildman–Crippen LogP) is 3.03. The van der Waals surface area contributed by atoms with Crippen molar-refractivity contribution in [3.8, 4) is 0 Å². The van der Waals surface area contributed by atoms with E-state index in [1.54, 1.807) is 0 Å². The van der Waals surface area contributed by atoms with Gasteiger partial charge in [0.05, 0.1) is 24.6 Å². The maximum absolute atomic E-state index is 12.4. The van der Waals surface area contributed by atoms with Crippen LogP contribution in [0, 0.1) is 0 Å². The maximum Gasteiger partial charge on any atom is 0.433 e. The van der Waals surface area contributed by atoms with Gasteiger partial charge in [0.15, 0.2) is 0 Å². The first-order valence-electron chi connectivity index (χ1n) is 5.75. The lowest BCUT2D eigenvalue weighted by atomic mass is 10.2. The van der Waals surface area contributed by atoms with Crippen molar-refractivity contribution in [1.29, 1.82) is 0 Å². The molecule has 0 unspecified atom stereocenters. The molecule has 0 spiro atoms. The van der Waals surface area contributed by atoms with Gasteiger partial charge in [0.2, 0.25) is 0 Å². The number of halogens is 3. The van der Waals surface area contributed by atoms with Crippen LogP contribution < -0.4 is 5.32 Å². The van der Waals surface area contributed by atoms with Crippen molar-refractivity contribution in [1.82, 2.24) is 9.97 Å². The summed E-state index contributed by atoms with van der Waals surface area (Å²) in [5.74, 6) is -0.245. The first-order valence-corrected chi connectivity index (χ1v) is 5.75. The van der Waals surface area contributed by atoms with Crippen molar-refractivity contribution in [2.45, 2.75) is 6.18 Å². The topological polar surface area (TPSA) is 64.1 Å². The summed E-state index contributed by atoms with van der Waals surface area (Å²) in [6.07, 6.45) is -2.07. The Kier molecular flexibility index (Phi) is 4.06. The van der Waals surface area contributed by atoms with Crippen LogP contribution in [-0.4, -0.2) is 23.0 Å². The SMILES string of the molecule is COC(=O)c1ccnc(Nc2ccc(C(F)(F)F)nc2)c1. The number of hydrogen-bond acceptors (Lipinski definition) is 5. The second-order valence-corrected chi connectivity index (χ2v) is 3.98. The largest absolute Gasteiger partial charge is 0.465 e. The molecule has 5 nitrogen and oxygen atoms in total. The summed E-state index contributed by atoms with van der Waals surface area (Å²) in [6, 6.07) is 4.96. The normalized spacial score (nSPS) is 11.0. The van der Waals surface area contributed by atoms with Gasteiger partial charge in [0, 0.05) is 6.20 Å². The lowest BCUT2D eigenvalue weighted by Gasteiger charge is -2.08. The van der Waals surface area contributed by atoms with Gasteiger partial charge in [0.1, 0.15) is 11.5 Å². The molecule has 0 bridgehead atoms. The summed E-state index contributed by atoms with van der Waals surface area (Å²) in [5.41, 5.74) is -0.392. The van der Waals surface area contributed by atoms with Crippen LogP contribution in [0.1, 0.15) is 16.1 Å². The summed E-state index contributed by atoms with van der Waals surface area (Å²) < 4.78 is 41.7. The third-order valence-corrected chi connectivity index (χ3v) is 2.51. The van der Waals surface area contributed by atoms with E-state index < -0.39 is 17.8 Å². The van der Waals surface area contributed by atoms with E-state index in [4.69, 9.17) is 0 Å². The van der Waals surface area contributed by atoms with Gasteiger partial charge in [-0.25, -0.2) is 14.8 Å². The van der Waals surface area contributed by atoms with Crippen LogP contribution in [0.5, 0.6) is 0 Å². The molecule has 0 amide bonds. The summed E-state index contributed by atoms with van der Waals surface area (Å²) in [4.78, 5) is 18.6. The van der Waals surface area contributed by atoms with E-state index in [0.29, 0.717) is 11.5 Å². The van der Waals surface area contributed by atoms with Gasteiger partial charge in [-0.3, -0.25) is 0 Å². The molecular weight excluding hydrogens is 287 g/mol. The van der Waals surface area contributed by atoms with E-state index in [0.717, 1.165) is 12.3 Å². The minimum absolute atomic E-state index is 0.273. The Bertz CT molecular complexity index is 642. The minimum Gasteiger partial charge on any atom is -0.465 e. The number of aromatic nitrogens is 2. The summed E-state index contributed by atoms with van der Waals surface area (Å²) in [5, 5.41) is 2.75. The molecule has 0 saturated carbocycles. The number of esters is 1. The molecule has 0 radical (unpaired) electrons. The number of ether oxygens (including phenoxy) is 1. The van der Waals surface area contributed by atoms with Gasteiger partial charge in [-0.2, -0.15) is 13.2 Å². The minimum atomic E-state index is -4.48. The summed E-state index contributed by atoms with van der Waals surface area (Å²) in [7, 11) is 1.25. The molecular formula is C13H10F3N3O2. The van der Waals surface area contributed by atoms with Crippen molar-refractivity contribution in [2.75, 3.05) is 12.4 Å². The van der Waals surface area contributed by atoms with E-state index in [2.05, 4.69) is 20.0 Å². The lowest BCUT2D eigenvalue weighted by molar-refractivity contribution is -0.141. The number of nitrogens with zero attached hydrogens (tertiary/aromatic N) is 2. The fourth-order valence-corrected chi connectivity index (χ4v) is 1.53. The molecule has 0 saturated heterocycles. The van der Waals surface area contributed by atoms with Crippen LogP contribution in [0.25, 0.3) is 0 Å². The third kappa shape index (κ3) is 3.68. The molecule has 2 rings (SSSR count). The fourth-order valence-electron chi connectivity index (χ4n) is 1.53. The second kappa shape index (κ2) is 5.78. The van der Waals surface area contributed by atoms with E-state index >= 15 is 0 Å². The molecule has 0 aliphatic rings. The van der Waals surface area contributed by atoms with Crippen molar-refractivity contribution < 1.29 is 22.7 Å². The highest BCUT2D eigenvalue weighted by molar-refractivity contribution is 5.90. The van der Waals surface area contributed by atoms with Crippen molar-refractivity contribution in [2.24, 2.45) is 0 Å². The van der Waals surface area contributed by atoms with Crippen LogP contribution in [-0.2, 0) is 10.9 Å². The molecule has 0 aliphatic carbocycles. The number of hydrogen-bond donors (Lipinski definition) is 1. The predicted molar refractivity (Wildman–Crippen MR) is 68.1 cm³/mol. The van der Waals surface area contributed by atoms with Crippen LogP contribution in [0.4, 0.5) is 24.7 Å². The molecule has 0 fully saturated rings. The van der Waals surface area contributed by atoms with Crippen LogP contribution >= 0.6 is 0 Å². The zero-order chi connectivity index (χ0) is 15.5. The average molecular weight is 297 g/mol. The second-order valence-electron chi connectivity index (χ2n) is 3.98. The molecule has 2 aromatic heterocycles. The van der Waals surface area contributed by atoms with Crippen LogP contribution in [0.3, 0.4) is 0 Å². The zero-order valence-corrected chi connectivity index (χ0v) is 10.8. The number of nitrogens with one attached hydrogen (secondary N) is 1. The van der Waals surface area contributed by atoms with Gasteiger partial charge >= 0.3 is 12.1 Å². The van der Waals surface area contributed by atoms with E-state index in [-0.39, 0.29) is 5.56 Å². The molecule has 1 N–H and O–H groups in total. The quantitative estimate of drug-likeness (QED) is 0.882. The number of pyridine rings is 2. The molecule has 0 aliphatic heterocycles. The summed E-state index contributed by atoms with van der Waals surface area (Å²) >= 11 is 0. The molecule has 0 aromatic carbocycles. The third-order valence-electron chi connectivity index (χ3n) is 2.51. The van der Waals surface area contributed by atoms with Gasteiger partial charge in [0.25, 0.3) is 0 Å². The number of anilines is 2. The number of carbonyl (C=O) groups is 1. The number of alkyl halides is 3. The van der Waals surface area contributed by atoms with Gasteiger partial charge in [-0.15, -0.1) is 0 Å². The Morgan fingerprint density at radius 3 is 2.57 bits per heavy atom. The monoisotopic (exact) mass is 297 g/mol.